The van der Waals surface area contributed by atoms with Crippen LogP contribution in [0.5, 0.6) is 0 Å². The number of carbonyl (C=O) groups excluding carboxylic acids is 2. The Bertz CT molecular complexity index is 834. The Morgan fingerprint density at radius 1 is 1.30 bits per heavy atom. The number of rotatable bonds is 5. The summed E-state index contributed by atoms with van der Waals surface area (Å²) in [5.74, 6) is -2.60. The Morgan fingerprint density at radius 2 is 2.00 bits per heavy atom. The van der Waals surface area contributed by atoms with Crippen molar-refractivity contribution in [2.45, 2.75) is 5.92 Å². The second-order valence-electron chi connectivity index (χ2n) is 6.72. The summed E-state index contributed by atoms with van der Waals surface area (Å²) >= 11 is 0. The lowest BCUT2D eigenvalue weighted by molar-refractivity contribution is -0.136. The minimum Gasteiger partial charge on any atom is -0.336 e. The molecule has 0 bridgehead atoms. The lowest BCUT2D eigenvalue weighted by atomic mass is 9.90. The summed E-state index contributed by atoms with van der Waals surface area (Å²) in [5, 5.41) is 9.76. The molecule has 0 radical (unpaired) electrons. The molecule has 3 rings (SSSR count). The van der Waals surface area contributed by atoms with Crippen LogP contribution in [0.25, 0.3) is 0 Å². The van der Waals surface area contributed by atoms with E-state index in [1.165, 1.54) is 11.9 Å². The molecular weight excluding hydrogens is 356 g/mol. The molecule has 2 amide bonds. The first-order valence-corrected chi connectivity index (χ1v) is 8.53. The smallest absolute Gasteiger partial charge is 0.243 e. The first kappa shape index (κ1) is 19.0. The first-order valence-electron chi connectivity index (χ1n) is 8.53. The van der Waals surface area contributed by atoms with Crippen molar-refractivity contribution in [2.75, 3.05) is 32.0 Å². The molecule has 27 heavy (non-hydrogen) atoms. The van der Waals surface area contributed by atoms with Gasteiger partial charge in [0.15, 0.2) is 0 Å². The van der Waals surface area contributed by atoms with E-state index in [2.05, 4.69) is 15.7 Å². The van der Waals surface area contributed by atoms with Crippen molar-refractivity contribution in [1.29, 1.82) is 0 Å². The van der Waals surface area contributed by atoms with Crippen LogP contribution in [0.1, 0.15) is 11.5 Å². The number of nitrogens with one attached hydrogen (secondary N) is 2. The van der Waals surface area contributed by atoms with Gasteiger partial charge in [0.2, 0.25) is 11.8 Å². The van der Waals surface area contributed by atoms with Crippen LogP contribution in [-0.4, -0.2) is 53.2 Å². The average molecular weight is 377 g/mol. The number of anilines is 1. The van der Waals surface area contributed by atoms with Crippen molar-refractivity contribution in [2.24, 2.45) is 13.0 Å². The molecule has 2 atom stereocenters. The Balaban J connectivity index is 1.62. The summed E-state index contributed by atoms with van der Waals surface area (Å²) < 4.78 is 28.1. The van der Waals surface area contributed by atoms with E-state index in [1.807, 2.05) is 13.2 Å². The third kappa shape index (κ3) is 4.48. The molecule has 0 saturated carbocycles. The molecule has 144 valence electrons. The number of nitrogens with zero attached hydrogens (tertiary/aromatic N) is 3. The van der Waals surface area contributed by atoms with Crippen LogP contribution < -0.4 is 10.6 Å². The molecule has 7 nitrogen and oxygen atoms in total. The molecular formula is C18H21F2N5O2. The molecule has 0 unspecified atom stereocenters. The fourth-order valence-electron chi connectivity index (χ4n) is 3.32. The number of hydrogen-bond donors (Lipinski definition) is 2. The monoisotopic (exact) mass is 377 g/mol. The first-order chi connectivity index (χ1) is 12.8. The maximum atomic E-state index is 13.2. The predicted octanol–water partition coefficient (Wildman–Crippen LogP) is 1.10. The second-order valence-corrected chi connectivity index (χ2v) is 6.72. The normalized spacial score (nSPS) is 19.1. The van der Waals surface area contributed by atoms with Gasteiger partial charge in [-0.3, -0.25) is 14.3 Å². The molecule has 2 N–H and O–H groups in total. The molecule has 2 aromatic rings. The van der Waals surface area contributed by atoms with Gasteiger partial charge in [-0.25, -0.2) is 8.78 Å². The summed E-state index contributed by atoms with van der Waals surface area (Å²) in [6, 6.07) is 2.75. The van der Waals surface area contributed by atoms with Gasteiger partial charge < -0.3 is 15.5 Å². The molecule has 1 aromatic heterocycles. The molecule has 9 heteroatoms. The van der Waals surface area contributed by atoms with E-state index >= 15 is 0 Å². The fourth-order valence-corrected chi connectivity index (χ4v) is 3.32. The number of aryl methyl sites for hydroxylation is 1. The van der Waals surface area contributed by atoms with Gasteiger partial charge in [-0.05, 0) is 17.7 Å². The maximum Gasteiger partial charge on any atom is 0.243 e. The minimum absolute atomic E-state index is 0.00844. The van der Waals surface area contributed by atoms with E-state index < -0.39 is 17.5 Å². The summed E-state index contributed by atoms with van der Waals surface area (Å²) in [4.78, 5) is 26.3. The van der Waals surface area contributed by atoms with Gasteiger partial charge in [0.1, 0.15) is 11.6 Å². The van der Waals surface area contributed by atoms with Gasteiger partial charge in [-0.2, -0.15) is 5.10 Å². The highest BCUT2D eigenvalue weighted by Crippen LogP contribution is 2.29. The van der Waals surface area contributed by atoms with E-state index in [-0.39, 0.29) is 30.0 Å². The van der Waals surface area contributed by atoms with Crippen molar-refractivity contribution in [3.05, 3.63) is 47.8 Å². The van der Waals surface area contributed by atoms with Crippen molar-refractivity contribution in [1.82, 2.24) is 20.0 Å². The Morgan fingerprint density at radius 3 is 2.63 bits per heavy atom. The number of halogens is 2. The lowest BCUT2D eigenvalue weighted by Gasteiger charge is -2.23. The highest BCUT2D eigenvalue weighted by atomic mass is 19.1. The zero-order valence-electron chi connectivity index (χ0n) is 15.1. The van der Waals surface area contributed by atoms with Crippen molar-refractivity contribution >= 4 is 17.5 Å². The van der Waals surface area contributed by atoms with Crippen LogP contribution in [-0.2, 0) is 16.6 Å². The van der Waals surface area contributed by atoms with Gasteiger partial charge in [0.25, 0.3) is 0 Å². The van der Waals surface area contributed by atoms with Crippen LogP contribution in [0.4, 0.5) is 14.5 Å². The quantitative estimate of drug-likeness (QED) is 0.818. The highest BCUT2D eigenvalue weighted by molar-refractivity contribution is 5.95. The van der Waals surface area contributed by atoms with Crippen LogP contribution >= 0.6 is 0 Å². The third-order valence-corrected chi connectivity index (χ3v) is 4.59. The largest absolute Gasteiger partial charge is 0.336 e. The lowest BCUT2D eigenvalue weighted by Crippen LogP contribution is -2.40. The van der Waals surface area contributed by atoms with Gasteiger partial charge >= 0.3 is 0 Å². The molecule has 1 saturated heterocycles. The minimum atomic E-state index is -0.786. The van der Waals surface area contributed by atoms with E-state index in [0.717, 1.165) is 23.8 Å². The molecule has 1 aliphatic heterocycles. The molecule has 1 fully saturated rings. The van der Waals surface area contributed by atoms with Gasteiger partial charge in [0, 0.05) is 51.1 Å². The summed E-state index contributed by atoms with van der Waals surface area (Å²) in [6.45, 7) is 0.956. The third-order valence-electron chi connectivity index (χ3n) is 4.59. The van der Waals surface area contributed by atoms with Crippen LogP contribution in [0, 0.1) is 17.6 Å². The van der Waals surface area contributed by atoms with Crippen molar-refractivity contribution in [3.8, 4) is 0 Å². The van der Waals surface area contributed by atoms with Gasteiger partial charge in [0.05, 0.1) is 18.7 Å². The van der Waals surface area contributed by atoms with Crippen LogP contribution in [0.15, 0.2) is 30.6 Å². The molecule has 1 aromatic carbocycles. The Labute approximate surface area is 155 Å². The maximum absolute atomic E-state index is 13.2. The predicted molar refractivity (Wildman–Crippen MR) is 94.9 cm³/mol. The summed E-state index contributed by atoms with van der Waals surface area (Å²) in [7, 11) is 3.35. The SMILES string of the molecule is CN(CC(=O)Nc1cc(F)cc(F)c1)C(=O)[C@H]1CNC[C@@H]1c1cnn(C)c1. The van der Waals surface area contributed by atoms with E-state index in [1.54, 1.807) is 10.9 Å². The average Bonchev–Trinajstić information content (AvgIpc) is 3.21. The van der Waals surface area contributed by atoms with Crippen molar-refractivity contribution in [3.63, 3.8) is 0 Å². The van der Waals surface area contributed by atoms with Crippen molar-refractivity contribution < 1.29 is 18.4 Å². The van der Waals surface area contributed by atoms with Gasteiger partial charge in [-0.1, -0.05) is 0 Å². The molecule has 1 aliphatic rings. The molecule has 0 aliphatic carbocycles. The molecule has 0 spiro atoms. The standard InChI is InChI=1S/C18H21F2N5O2/c1-24(10-17(26)23-14-4-12(19)3-13(20)5-14)18(27)16-8-21-7-15(16)11-6-22-25(2)9-11/h3-6,9,15-16,21H,7-8,10H2,1-2H3,(H,23,26)/t15-,16+/m1/s1. The van der Waals surface area contributed by atoms with E-state index in [9.17, 15) is 18.4 Å². The number of benzene rings is 1. The zero-order chi connectivity index (χ0) is 19.6. The van der Waals surface area contributed by atoms with Gasteiger partial charge in [-0.15, -0.1) is 0 Å². The highest BCUT2D eigenvalue weighted by Gasteiger charge is 2.36. The number of aromatic nitrogens is 2. The second kappa shape index (κ2) is 7.83. The fraction of sp³-hybridized carbons (Fsp3) is 0.389. The Kier molecular flexibility index (Phi) is 5.50. The summed E-state index contributed by atoms with van der Waals surface area (Å²) in [6.07, 6.45) is 3.62. The zero-order valence-corrected chi connectivity index (χ0v) is 15.1. The van der Waals surface area contributed by atoms with E-state index in [4.69, 9.17) is 0 Å². The Hall–Kier alpha value is -2.81. The number of hydrogen-bond acceptors (Lipinski definition) is 4. The molecule has 2 heterocycles. The van der Waals surface area contributed by atoms with Crippen LogP contribution in [0.3, 0.4) is 0 Å². The number of carbonyl (C=O) groups is 2. The topological polar surface area (TPSA) is 79.3 Å². The number of amides is 2. The van der Waals surface area contributed by atoms with E-state index in [0.29, 0.717) is 13.1 Å². The number of likely N-dealkylation sites (N-methyl/N-ethyl adjacent to an activating group) is 1. The van der Waals surface area contributed by atoms with Crippen LogP contribution in [0.2, 0.25) is 0 Å². The summed E-state index contributed by atoms with van der Waals surface area (Å²) in [5.41, 5.74) is 0.975.